The summed E-state index contributed by atoms with van der Waals surface area (Å²) < 4.78 is 0. The highest BCUT2D eigenvalue weighted by Gasteiger charge is 2.15. The minimum atomic E-state index is -0.492. The predicted molar refractivity (Wildman–Crippen MR) is 72.6 cm³/mol. The Hall–Kier alpha value is -0.560. The maximum Gasteiger partial charge on any atom is 0.0620 e. The fraction of sp³-hybridized carbons (Fsp3) is 0.733. The quantitative estimate of drug-likeness (QED) is 0.596. The molecule has 1 heteroatoms. The summed E-state index contributed by atoms with van der Waals surface area (Å²) in [5.74, 6) is 0. The molecule has 0 saturated heterocycles. The Labute approximate surface area is 101 Å². The van der Waals surface area contributed by atoms with Crippen LogP contribution in [0.1, 0.15) is 66.2 Å². The molecule has 0 spiro atoms. The molecule has 1 nitrogen and oxygen atoms in total. The van der Waals surface area contributed by atoms with Crippen molar-refractivity contribution in [1.29, 1.82) is 0 Å². The van der Waals surface area contributed by atoms with Crippen molar-refractivity contribution in [1.82, 2.24) is 0 Å². The summed E-state index contributed by atoms with van der Waals surface area (Å²) in [4.78, 5) is 0. The molecular weight excluding hydrogens is 196 g/mol. The van der Waals surface area contributed by atoms with Crippen LogP contribution in [-0.4, -0.2) is 10.7 Å². The molecule has 1 unspecified atom stereocenters. The van der Waals surface area contributed by atoms with Gasteiger partial charge in [-0.1, -0.05) is 24.1 Å². The third-order valence-electron chi connectivity index (χ3n) is 3.11. The number of aliphatic hydroxyl groups is 1. The molecule has 0 rings (SSSR count). The molecule has 0 aliphatic rings. The Bertz CT molecular complexity index is 236. The SMILES string of the molecule is C=C(C)CCCC(C)=CCCC(C)(O)CC. The van der Waals surface area contributed by atoms with E-state index in [1.807, 2.05) is 13.8 Å². The van der Waals surface area contributed by atoms with E-state index >= 15 is 0 Å². The first-order valence-electron chi connectivity index (χ1n) is 6.40. The Morgan fingerprint density at radius 2 is 1.94 bits per heavy atom. The molecule has 0 saturated carbocycles. The second-order valence-electron chi connectivity index (χ2n) is 5.25. The Morgan fingerprint density at radius 3 is 2.44 bits per heavy atom. The lowest BCUT2D eigenvalue weighted by Crippen LogP contribution is -2.21. The third kappa shape index (κ3) is 8.72. The van der Waals surface area contributed by atoms with Gasteiger partial charge in [0.15, 0.2) is 0 Å². The zero-order valence-electron chi connectivity index (χ0n) is 11.5. The van der Waals surface area contributed by atoms with Crippen LogP contribution in [0.5, 0.6) is 0 Å². The van der Waals surface area contributed by atoms with E-state index in [1.54, 1.807) is 0 Å². The third-order valence-corrected chi connectivity index (χ3v) is 3.11. The topological polar surface area (TPSA) is 20.2 Å². The summed E-state index contributed by atoms with van der Waals surface area (Å²) in [5, 5.41) is 9.84. The van der Waals surface area contributed by atoms with Crippen molar-refractivity contribution in [2.24, 2.45) is 0 Å². The number of rotatable bonds is 8. The number of hydrogen-bond donors (Lipinski definition) is 1. The summed E-state index contributed by atoms with van der Waals surface area (Å²) in [6.07, 6.45) is 8.42. The van der Waals surface area contributed by atoms with Gasteiger partial charge in [-0.3, -0.25) is 0 Å². The number of hydrogen-bond acceptors (Lipinski definition) is 1. The van der Waals surface area contributed by atoms with Crippen LogP contribution in [0.4, 0.5) is 0 Å². The maximum absolute atomic E-state index is 9.84. The maximum atomic E-state index is 9.84. The molecule has 0 aliphatic heterocycles. The van der Waals surface area contributed by atoms with E-state index in [0.29, 0.717) is 0 Å². The van der Waals surface area contributed by atoms with E-state index in [2.05, 4.69) is 26.5 Å². The fourth-order valence-electron chi connectivity index (χ4n) is 1.58. The van der Waals surface area contributed by atoms with E-state index < -0.39 is 5.60 Å². The van der Waals surface area contributed by atoms with Crippen molar-refractivity contribution < 1.29 is 5.11 Å². The van der Waals surface area contributed by atoms with E-state index in [-0.39, 0.29) is 0 Å². The Morgan fingerprint density at radius 1 is 1.31 bits per heavy atom. The first-order chi connectivity index (χ1) is 7.37. The van der Waals surface area contributed by atoms with Gasteiger partial charge in [-0.15, -0.1) is 6.58 Å². The highest BCUT2D eigenvalue weighted by atomic mass is 16.3. The predicted octanol–water partition coefficient (Wildman–Crippen LogP) is 4.62. The Balaban J connectivity index is 3.74. The lowest BCUT2D eigenvalue weighted by atomic mass is 9.96. The molecule has 0 bridgehead atoms. The smallest absolute Gasteiger partial charge is 0.0620 e. The summed E-state index contributed by atoms with van der Waals surface area (Å²) in [7, 11) is 0. The van der Waals surface area contributed by atoms with E-state index in [0.717, 1.165) is 32.1 Å². The minimum absolute atomic E-state index is 0.492. The van der Waals surface area contributed by atoms with Crippen molar-refractivity contribution in [2.75, 3.05) is 0 Å². The number of allylic oxidation sites excluding steroid dienone is 3. The van der Waals surface area contributed by atoms with E-state index in [4.69, 9.17) is 0 Å². The minimum Gasteiger partial charge on any atom is -0.390 e. The van der Waals surface area contributed by atoms with Crippen molar-refractivity contribution in [2.45, 2.75) is 71.8 Å². The van der Waals surface area contributed by atoms with Crippen molar-refractivity contribution in [3.63, 3.8) is 0 Å². The average Bonchev–Trinajstić information content (AvgIpc) is 2.17. The summed E-state index contributed by atoms with van der Waals surface area (Å²) in [6, 6.07) is 0. The highest BCUT2D eigenvalue weighted by Crippen LogP contribution is 2.18. The zero-order valence-corrected chi connectivity index (χ0v) is 11.5. The molecule has 0 aliphatic carbocycles. The molecule has 0 aromatic carbocycles. The average molecular weight is 224 g/mol. The van der Waals surface area contributed by atoms with E-state index in [1.165, 1.54) is 17.6 Å². The van der Waals surface area contributed by atoms with Gasteiger partial charge in [-0.05, 0) is 59.3 Å². The fourth-order valence-corrected chi connectivity index (χ4v) is 1.58. The van der Waals surface area contributed by atoms with Gasteiger partial charge in [0.25, 0.3) is 0 Å². The van der Waals surface area contributed by atoms with Gasteiger partial charge in [0.1, 0.15) is 0 Å². The first-order valence-corrected chi connectivity index (χ1v) is 6.40. The molecule has 16 heavy (non-hydrogen) atoms. The van der Waals surface area contributed by atoms with Crippen molar-refractivity contribution in [3.8, 4) is 0 Å². The zero-order chi connectivity index (χ0) is 12.6. The Kier molecular flexibility index (Phi) is 7.40. The van der Waals surface area contributed by atoms with Crippen molar-refractivity contribution >= 4 is 0 Å². The van der Waals surface area contributed by atoms with Crippen molar-refractivity contribution in [3.05, 3.63) is 23.8 Å². The molecule has 1 N–H and O–H groups in total. The van der Waals surface area contributed by atoms with Gasteiger partial charge >= 0.3 is 0 Å². The molecule has 0 aromatic heterocycles. The molecular formula is C15H28O. The van der Waals surface area contributed by atoms with E-state index in [9.17, 15) is 5.11 Å². The molecule has 0 radical (unpaired) electrons. The monoisotopic (exact) mass is 224 g/mol. The van der Waals surface area contributed by atoms with Gasteiger partial charge < -0.3 is 5.11 Å². The molecule has 1 atom stereocenters. The summed E-state index contributed by atoms with van der Waals surface area (Å²) in [5.41, 5.74) is 2.21. The molecule has 94 valence electrons. The summed E-state index contributed by atoms with van der Waals surface area (Å²) >= 11 is 0. The second-order valence-corrected chi connectivity index (χ2v) is 5.25. The van der Waals surface area contributed by atoms with Crippen LogP contribution in [0.2, 0.25) is 0 Å². The molecule has 0 aromatic rings. The van der Waals surface area contributed by atoms with Gasteiger partial charge in [0.2, 0.25) is 0 Å². The van der Waals surface area contributed by atoms with Crippen LogP contribution >= 0.6 is 0 Å². The van der Waals surface area contributed by atoms with Gasteiger partial charge in [-0.2, -0.15) is 0 Å². The van der Waals surface area contributed by atoms with Crippen LogP contribution < -0.4 is 0 Å². The molecule has 0 heterocycles. The van der Waals surface area contributed by atoms with Crippen LogP contribution in [0.15, 0.2) is 23.8 Å². The largest absolute Gasteiger partial charge is 0.390 e. The van der Waals surface area contributed by atoms with Crippen LogP contribution in [0.3, 0.4) is 0 Å². The lowest BCUT2D eigenvalue weighted by Gasteiger charge is -2.20. The van der Waals surface area contributed by atoms with Crippen LogP contribution in [0.25, 0.3) is 0 Å². The highest BCUT2D eigenvalue weighted by molar-refractivity contribution is 4.99. The normalized spacial score (nSPS) is 15.9. The van der Waals surface area contributed by atoms with Crippen LogP contribution in [-0.2, 0) is 0 Å². The summed E-state index contributed by atoms with van der Waals surface area (Å²) in [6.45, 7) is 12.1. The van der Waals surface area contributed by atoms with Gasteiger partial charge in [-0.25, -0.2) is 0 Å². The van der Waals surface area contributed by atoms with Gasteiger partial charge in [0, 0.05) is 0 Å². The van der Waals surface area contributed by atoms with Gasteiger partial charge in [0.05, 0.1) is 5.60 Å². The lowest BCUT2D eigenvalue weighted by molar-refractivity contribution is 0.0480. The second kappa shape index (κ2) is 7.67. The van der Waals surface area contributed by atoms with Crippen LogP contribution in [0, 0.1) is 0 Å². The standard InChI is InChI=1S/C15H28O/c1-6-15(5,16)12-8-11-14(4)10-7-9-13(2)3/h11,16H,2,6-10,12H2,1,3-5H3. The molecule has 0 amide bonds. The first kappa shape index (κ1) is 15.4. The molecule has 0 fully saturated rings.